The van der Waals surface area contributed by atoms with E-state index < -0.39 is 0 Å². The van der Waals surface area contributed by atoms with Crippen molar-refractivity contribution in [2.24, 2.45) is 0 Å². The maximum atomic E-state index is 11.7. The standard InChI is InChI=1S/C11H18BrN5O/c1-7(2)15-9(18)6-17(4)10-8(12)5-14-11(13-3)16-10/h5,7H,6H2,1-4H3,(H,15,18)(H,13,14,16). The SMILES string of the molecule is CNc1ncc(Br)c(N(C)CC(=O)NC(C)C)n1. The van der Waals surface area contributed by atoms with E-state index in [4.69, 9.17) is 0 Å². The molecule has 100 valence electrons. The van der Waals surface area contributed by atoms with Gasteiger partial charge in [-0.15, -0.1) is 0 Å². The summed E-state index contributed by atoms with van der Waals surface area (Å²) >= 11 is 3.37. The van der Waals surface area contributed by atoms with Crippen LogP contribution in [-0.4, -0.2) is 42.6 Å². The summed E-state index contributed by atoms with van der Waals surface area (Å²) < 4.78 is 0.751. The van der Waals surface area contributed by atoms with Crippen LogP contribution in [0, 0.1) is 0 Å². The number of halogens is 1. The quantitative estimate of drug-likeness (QED) is 0.855. The van der Waals surface area contributed by atoms with Gasteiger partial charge in [-0.2, -0.15) is 4.98 Å². The Bertz CT molecular complexity index is 424. The lowest BCUT2D eigenvalue weighted by Gasteiger charge is -2.20. The summed E-state index contributed by atoms with van der Waals surface area (Å²) in [5.41, 5.74) is 0. The highest BCUT2D eigenvalue weighted by molar-refractivity contribution is 9.10. The van der Waals surface area contributed by atoms with Crippen molar-refractivity contribution in [2.75, 3.05) is 30.9 Å². The van der Waals surface area contributed by atoms with Crippen molar-refractivity contribution in [2.45, 2.75) is 19.9 Å². The number of rotatable bonds is 5. The normalized spacial score (nSPS) is 10.3. The molecule has 0 saturated heterocycles. The molecule has 0 aliphatic carbocycles. The van der Waals surface area contributed by atoms with Crippen molar-refractivity contribution >= 4 is 33.6 Å². The number of anilines is 2. The molecule has 6 nitrogen and oxygen atoms in total. The predicted octanol–water partition coefficient (Wildman–Crippen LogP) is 1.24. The zero-order chi connectivity index (χ0) is 13.7. The smallest absolute Gasteiger partial charge is 0.239 e. The molecule has 0 aromatic carbocycles. The molecule has 1 rings (SSSR count). The molecular weight excluding hydrogens is 298 g/mol. The molecular formula is C11H18BrN5O. The number of aromatic nitrogens is 2. The molecule has 0 fully saturated rings. The van der Waals surface area contributed by atoms with E-state index in [2.05, 4.69) is 36.5 Å². The highest BCUT2D eigenvalue weighted by Crippen LogP contribution is 2.22. The Labute approximate surface area is 115 Å². The van der Waals surface area contributed by atoms with Crippen LogP contribution in [0.2, 0.25) is 0 Å². The topological polar surface area (TPSA) is 70.2 Å². The lowest BCUT2D eigenvalue weighted by molar-refractivity contribution is -0.120. The van der Waals surface area contributed by atoms with Crippen molar-refractivity contribution in [1.29, 1.82) is 0 Å². The molecule has 1 amide bonds. The zero-order valence-electron chi connectivity index (χ0n) is 11.0. The monoisotopic (exact) mass is 315 g/mol. The van der Waals surface area contributed by atoms with Crippen molar-refractivity contribution in [3.05, 3.63) is 10.7 Å². The van der Waals surface area contributed by atoms with Crippen molar-refractivity contribution < 1.29 is 4.79 Å². The van der Waals surface area contributed by atoms with Gasteiger partial charge in [-0.3, -0.25) is 4.79 Å². The molecule has 0 aliphatic rings. The first-order valence-electron chi connectivity index (χ1n) is 5.64. The Kier molecular flexibility index (Phi) is 5.33. The number of hydrogen-bond donors (Lipinski definition) is 2. The second-order valence-electron chi connectivity index (χ2n) is 4.19. The van der Waals surface area contributed by atoms with Gasteiger partial charge in [0.05, 0.1) is 11.0 Å². The number of carbonyl (C=O) groups excluding carboxylic acids is 1. The van der Waals surface area contributed by atoms with E-state index in [1.165, 1.54) is 0 Å². The molecule has 18 heavy (non-hydrogen) atoms. The summed E-state index contributed by atoms with van der Waals surface area (Å²) in [6.07, 6.45) is 1.66. The zero-order valence-corrected chi connectivity index (χ0v) is 12.6. The second kappa shape index (κ2) is 6.53. The molecule has 0 radical (unpaired) electrons. The second-order valence-corrected chi connectivity index (χ2v) is 5.05. The Morgan fingerprint density at radius 1 is 1.56 bits per heavy atom. The highest BCUT2D eigenvalue weighted by Gasteiger charge is 2.13. The molecule has 7 heteroatoms. The molecule has 0 atom stereocenters. The van der Waals surface area contributed by atoms with E-state index >= 15 is 0 Å². The van der Waals surface area contributed by atoms with Crippen molar-refractivity contribution in [1.82, 2.24) is 15.3 Å². The summed E-state index contributed by atoms with van der Waals surface area (Å²) in [7, 11) is 3.56. The third kappa shape index (κ3) is 4.14. The Hall–Kier alpha value is -1.37. The summed E-state index contributed by atoms with van der Waals surface area (Å²) in [6, 6.07) is 0.132. The molecule has 0 bridgehead atoms. The van der Waals surface area contributed by atoms with Gasteiger partial charge >= 0.3 is 0 Å². The van der Waals surface area contributed by atoms with Crippen LogP contribution in [0.1, 0.15) is 13.8 Å². The first kappa shape index (κ1) is 14.7. The fourth-order valence-corrected chi connectivity index (χ4v) is 1.90. The van der Waals surface area contributed by atoms with Crippen LogP contribution < -0.4 is 15.5 Å². The minimum Gasteiger partial charge on any atom is -0.357 e. The van der Waals surface area contributed by atoms with Crippen LogP contribution >= 0.6 is 15.9 Å². The fraction of sp³-hybridized carbons (Fsp3) is 0.545. The van der Waals surface area contributed by atoms with Crippen LogP contribution in [0.25, 0.3) is 0 Å². The average molecular weight is 316 g/mol. The number of carbonyl (C=O) groups is 1. The molecule has 0 spiro atoms. The van der Waals surface area contributed by atoms with Crippen LogP contribution in [-0.2, 0) is 4.79 Å². The maximum absolute atomic E-state index is 11.7. The van der Waals surface area contributed by atoms with Gasteiger partial charge in [0.1, 0.15) is 5.82 Å². The molecule has 1 aromatic rings. The number of nitrogens with zero attached hydrogens (tertiary/aromatic N) is 3. The minimum atomic E-state index is -0.0379. The summed E-state index contributed by atoms with van der Waals surface area (Å²) in [5, 5.41) is 5.70. The predicted molar refractivity (Wildman–Crippen MR) is 75.8 cm³/mol. The highest BCUT2D eigenvalue weighted by atomic mass is 79.9. The van der Waals surface area contributed by atoms with Crippen LogP contribution in [0.4, 0.5) is 11.8 Å². The fourth-order valence-electron chi connectivity index (χ4n) is 1.40. The van der Waals surface area contributed by atoms with Gasteiger partial charge in [0.15, 0.2) is 0 Å². The Morgan fingerprint density at radius 2 is 2.22 bits per heavy atom. The molecule has 0 unspecified atom stereocenters. The number of nitrogens with one attached hydrogen (secondary N) is 2. The van der Waals surface area contributed by atoms with Crippen LogP contribution in [0.3, 0.4) is 0 Å². The lowest BCUT2D eigenvalue weighted by Crippen LogP contribution is -2.39. The largest absolute Gasteiger partial charge is 0.357 e. The third-order valence-corrected chi connectivity index (χ3v) is 2.70. The summed E-state index contributed by atoms with van der Waals surface area (Å²) in [4.78, 5) is 21.8. The third-order valence-electron chi connectivity index (χ3n) is 2.14. The van der Waals surface area contributed by atoms with E-state index in [1.807, 2.05) is 20.9 Å². The van der Waals surface area contributed by atoms with Crippen LogP contribution in [0.5, 0.6) is 0 Å². The van der Waals surface area contributed by atoms with Gasteiger partial charge in [0.25, 0.3) is 0 Å². The van der Waals surface area contributed by atoms with Gasteiger partial charge in [-0.05, 0) is 29.8 Å². The molecule has 1 aromatic heterocycles. The van der Waals surface area contributed by atoms with E-state index in [0.717, 1.165) is 4.47 Å². The van der Waals surface area contributed by atoms with Gasteiger partial charge in [-0.25, -0.2) is 4.98 Å². The van der Waals surface area contributed by atoms with Gasteiger partial charge < -0.3 is 15.5 Å². The Balaban J connectivity index is 2.77. The summed E-state index contributed by atoms with van der Waals surface area (Å²) in [6.45, 7) is 4.10. The van der Waals surface area contributed by atoms with E-state index in [0.29, 0.717) is 11.8 Å². The maximum Gasteiger partial charge on any atom is 0.239 e. The minimum absolute atomic E-state index is 0.0379. The van der Waals surface area contributed by atoms with Gasteiger partial charge in [-0.1, -0.05) is 0 Å². The Morgan fingerprint density at radius 3 is 2.78 bits per heavy atom. The number of hydrogen-bond acceptors (Lipinski definition) is 5. The van der Waals surface area contributed by atoms with E-state index in [1.54, 1.807) is 18.1 Å². The van der Waals surface area contributed by atoms with Crippen LogP contribution in [0.15, 0.2) is 10.7 Å². The average Bonchev–Trinajstić information content (AvgIpc) is 2.28. The summed E-state index contributed by atoms with van der Waals surface area (Å²) in [5.74, 6) is 1.15. The molecule has 0 aliphatic heterocycles. The molecule has 2 N–H and O–H groups in total. The van der Waals surface area contributed by atoms with Gasteiger partial charge in [0, 0.05) is 26.3 Å². The van der Waals surface area contributed by atoms with Gasteiger partial charge in [0.2, 0.25) is 11.9 Å². The molecule has 0 saturated carbocycles. The number of amides is 1. The first-order valence-corrected chi connectivity index (χ1v) is 6.44. The van der Waals surface area contributed by atoms with Crippen molar-refractivity contribution in [3.8, 4) is 0 Å². The van der Waals surface area contributed by atoms with E-state index in [-0.39, 0.29) is 18.5 Å². The van der Waals surface area contributed by atoms with E-state index in [9.17, 15) is 4.79 Å². The lowest BCUT2D eigenvalue weighted by atomic mass is 10.4. The number of likely N-dealkylation sites (N-methyl/N-ethyl adjacent to an activating group) is 1. The molecule has 1 heterocycles. The van der Waals surface area contributed by atoms with Crippen molar-refractivity contribution in [3.63, 3.8) is 0 Å². The first-order chi connectivity index (χ1) is 8.43.